The van der Waals surface area contributed by atoms with Crippen molar-refractivity contribution in [3.05, 3.63) is 435 Å². The Hall–Kier alpha value is -15.8. The van der Waals surface area contributed by atoms with Gasteiger partial charge in [-0.15, -0.1) is 0 Å². The van der Waals surface area contributed by atoms with Crippen LogP contribution in [0.15, 0.2) is 413 Å². The van der Waals surface area contributed by atoms with Gasteiger partial charge < -0.3 is 41.0 Å². The van der Waals surface area contributed by atoms with E-state index in [4.69, 9.17) is 40.0 Å². The maximum Gasteiger partial charge on any atom is 0.218 e. The molecule has 4 aromatic heterocycles. The van der Waals surface area contributed by atoms with Crippen LogP contribution in [0.5, 0.6) is 23.0 Å². The zero-order valence-corrected chi connectivity index (χ0v) is 77.4. The maximum atomic E-state index is 9.70. The Morgan fingerprint density at radius 1 is 0.258 bits per heavy atom. The van der Waals surface area contributed by atoms with Gasteiger partial charge in [0.15, 0.2) is 0 Å². The molecule has 4 heterocycles. The minimum absolute atomic E-state index is 0. The Morgan fingerprint density at radius 2 is 0.371 bits per heavy atom. The molecule has 20 nitrogen and oxygen atoms in total. The van der Waals surface area contributed by atoms with E-state index in [-0.39, 0.29) is 37.2 Å². The first-order valence-electron chi connectivity index (χ1n) is 40.5. The highest BCUT2D eigenvalue weighted by Crippen LogP contribution is 2.20. The first-order valence-corrected chi connectivity index (χ1v) is 41.3. The predicted octanol–water partition coefficient (Wildman–Crippen LogP) is 25.6. The van der Waals surface area contributed by atoms with Crippen LogP contribution in [0.1, 0.15) is 93.0 Å². The molecule has 2 amide bonds. The number of carbonyl (C=O) groups excluding carboxylic acids is 4. The molecule has 0 radical (unpaired) electrons. The molecular weight excluding hydrogens is 1690 g/mol. The number of amides is 2. The van der Waals surface area contributed by atoms with Crippen molar-refractivity contribution in [1.29, 1.82) is 21.0 Å². The van der Waals surface area contributed by atoms with Crippen LogP contribution in [0.2, 0.25) is 0 Å². The molecule has 0 atom stereocenters. The summed E-state index contributed by atoms with van der Waals surface area (Å²) in [6.07, 6.45) is 0. The van der Waals surface area contributed by atoms with E-state index >= 15 is 0 Å². The van der Waals surface area contributed by atoms with E-state index in [9.17, 15) is 19.2 Å². The number of carbonyl (C=O) groups is 4. The summed E-state index contributed by atoms with van der Waals surface area (Å²) in [5.74, 6) is 3.48. The predicted molar refractivity (Wildman–Crippen MR) is 547 cm³/mol. The lowest BCUT2D eigenvalue weighted by Crippen LogP contribution is -2.11. The molecule has 16 rings (SSSR count). The van der Waals surface area contributed by atoms with Gasteiger partial charge in [0.2, 0.25) is 22.3 Å². The van der Waals surface area contributed by atoms with Crippen LogP contribution < -0.4 is 41.0 Å². The van der Waals surface area contributed by atoms with Crippen LogP contribution in [0, 0.1) is 45.3 Å². The average molecular weight is 1820 g/mol. The molecule has 6 N–H and O–H groups in total. The minimum atomic E-state index is -0.361. The van der Waals surface area contributed by atoms with Crippen molar-refractivity contribution in [3.63, 3.8) is 0 Å². The fourth-order valence-corrected chi connectivity index (χ4v) is 8.99. The second kappa shape index (κ2) is 88.6. The van der Waals surface area contributed by atoms with E-state index in [1.807, 2.05) is 364 Å². The van der Waals surface area contributed by atoms with Gasteiger partial charge in [0.25, 0.3) is 0 Å². The number of benzene rings is 12. The lowest BCUT2D eigenvalue weighted by atomic mass is 10.2. The standard InChI is InChI=1S/4C16H13NO.4C6H6.2C3H7NO.2C2H3ClO.4C2H3N.2CH5N.2CH4/c4*1-2-7-15(8-3-1)18-12-14-11-10-13-6-4-5-9-16(13)17-14;4*1-2-4-6-5-3-1;2*1-3(5)4-2;2*1-2(3)4;4*1-2-3;2*1-2;;/h4*1-11H,12H2;4*1-6H;2*1-2H3,(H,4,5);2*1H3;4*1H3;2*2H2,1H3;2*1H4. The summed E-state index contributed by atoms with van der Waals surface area (Å²) in [4.78, 5) is 56.1. The van der Waals surface area contributed by atoms with E-state index in [0.29, 0.717) is 26.4 Å². The van der Waals surface area contributed by atoms with E-state index in [2.05, 4.69) is 114 Å². The van der Waals surface area contributed by atoms with Crippen molar-refractivity contribution < 1.29 is 38.1 Å². The van der Waals surface area contributed by atoms with E-state index in [1.54, 1.807) is 38.4 Å². The molecule has 16 aromatic rings. The highest BCUT2D eigenvalue weighted by atomic mass is 35.5. The molecule has 688 valence electrons. The van der Waals surface area contributed by atoms with Gasteiger partial charge in [-0.3, -0.25) is 19.2 Å². The zero-order chi connectivity index (χ0) is 96.4. The molecule has 0 spiro atoms. The molecular formula is C110H126Cl2N12O8. The SMILES string of the molecule is C.C.CC#N.CC#N.CC#N.CC#N.CC(=O)Cl.CC(=O)Cl.CN.CN.CNC(C)=O.CNC(C)=O.c1ccc(OCc2ccc3ccccc3n2)cc1.c1ccc(OCc2ccc3ccccc3n2)cc1.c1ccc(OCc2ccc3ccccc3n2)cc1.c1ccc(OCc2ccc3ccccc3n2)cc1.c1ccccc1.c1ccccc1.c1ccccc1.c1ccccc1. The monoisotopic (exact) mass is 1810 g/mol. The Kier molecular flexibility index (Phi) is 82.3. The van der Waals surface area contributed by atoms with Crippen molar-refractivity contribution in [3.8, 4) is 47.3 Å². The smallest absolute Gasteiger partial charge is 0.218 e. The van der Waals surface area contributed by atoms with Gasteiger partial charge in [0.1, 0.15) is 49.4 Å². The topological polar surface area (TPSA) is 328 Å². The van der Waals surface area contributed by atoms with Gasteiger partial charge in [0, 0.05) is 91.0 Å². The second-order valence-electron chi connectivity index (χ2n) is 24.5. The summed E-state index contributed by atoms with van der Waals surface area (Å²) in [6.45, 7) is 13.2. The number of nitrogens with zero attached hydrogens (tertiary/aromatic N) is 8. The number of nitrogens with two attached hydrogens (primary N) is 2. The Bertz CT molecular complexity index is 4840. The van der Waals surface area contributed by atoms with Crippen LogP contribution in [-0.2, 0) is 45.6 Å². The van der Waals surface area contributed by atoms with Gasteiger partial charge in [-0.1, -0.05) is 330 Å². The maximum absolute atomic E-state index is 9.70. The van der Waals surface area contributed by atoms with Crippen molar-refractivity contribution in [2.24, 2.45) is 11.5 Å². The highest BCUT2D eigenvalue weighted by Gasteiger charge is 2.04. The summed E-state index contributed by atoms with van der Waals surface area (Å²) >= 11 is 9.27. The average Bonchev–Trinajstić information content (AvgIpc) is 0.858. The van der Waals surface area contributed by atoms with E-state index < -0.39 is 0 Å². The molecule has 0 bridgehead atoms. The molecule has 0 unspecified atom stereocenters. The molecule has 12 aromatic carbocycles. The third-order valence-corrected chi connectivity index (χ3v) is 14.5. The van der Waals surface area contributed by atoms with Crippen LogP contribution in [-0.4, -0.2) is 70.4 Å². The Morgan fingerprint density at radius 3 is 0.500 bits per heavy atom. The van der Waals surface area contributed by atoms with Gasteiger partial charge in [-0.05, 0) is 134 Å². The van der Waals surface area contributed by atoms with E-state index in [0.717, 1.165) is 89.4 Å². The molecule has 0 saturated heterocycles. The Labute approximate surface area is 792 Å². The number of aromatic nitrogens is 4. The zero-order valence-electron chi connectivity index (χ0n) is 75.8. The number of nitriles is 4. The normalized spacial score (nSPS) is 8.39. The fraction of sp³-hybridized carbons (Fsp3) is 0.164. The molecule has 0 aliphatic rings. The van der Waals surface area contributed by atoms with Crippen LogP contribution in [0.25, 0.3) is 43.6 Å². The molecule has 0 aliphatic carbocycles. The van der Waals surface area contributed by atoms with Crippen molar-refractivity contribution in [2.45, 2.75) is 96.7 Å². The van der Waals surface area contributed by atoms with Crippen molar-refractivity contribution in [1.82, 2.24) is 30.6 Å². The van der Waals surface area contributed by atoms with Crippen molar-refractivity contribution >= 4 is 89.1 Å². The lowest BCUT2D eigenvalue weighted by Gasteiger charge is -2.06. The van der Waals surface area contributed by atoms with Gasteiger partial charge in [-0.2, -0.15) is 21.0 Å². The van der Waals surface area contributed by atoms with Gasteiger partial charge >= 0.3 is 0 Å². The Balaban J connectivity index is -0.000000691. The fourth-order valence-electron chi connectivity index (χ4n) is 8.99. The lowest BCUT2D eigenvalue weighted by molar-refractivity contribution is -0.119. The number of nitrogens with one attached hydrogen (secondary N) is 2. The minimum Gasteiger partial charge on any atom is -0.487 e. The first kappa shape index (κ1) is 123. The summed E-state index contributed by atoms with van der Waals surface area (Å²) < 4.78 is 22.7. The summed E-state index contributed by atoms with van der Waals surface area (Å²) in [6, 6.07) is 143. The summed E-state index contributed by atoms with van der Waals surface area (Å²) in [5.41, 5.74) is 16.8. The van der Waals surface area contributed by atoms with Gasteiger partial charge in [0.05, 0.1) is 69.1 Å². The van der Waals surface area contributed by atoms with Crippen LogP contribution in [0.4, 0.5) is 0 Å². The third kappa shape index (κ3) is 70.4. The van der Waals surface area contributed by atoms with Crippen LogP contribution in [0.3, 0.4) is 0 Å². The first-order chi connectivity index (χ1) is 63.3. The van der Waals surface area contributed by atoms with E-state index in [1.165, 1.54) is 69.5 Å². The molecule has 132 heavy (non-hydrogen) atoms. The number of hydrogen-bond donors (Lipinski definition) is 4. The quantitative estimate of drug-likeness (QED) is 0.0826. The number of ether oxygens (including phenoxy) is 4. The van der Waals surface area contributed by atoms with Crippen molar-refractivity contribution in [2.75, 3.05) is 28.2 Å². The number of rotatable bonds is 12. The number of para-hydroxylation sites is 8. The number of fused-ring (bicyclic) bond motifs is 4. The second-order valence-corrected chi connectivity index (χ2v) is 25.5. The number of pyridine rings is 4. The van der Waals surface area contributed by atoms with Gasteiger partial charge in [-0.25, -0.2) is 19.9 Å². The third-order valence-electron chi connectivity index (χ3n) is 14.5. The number of hydrogen-bond acceptors (Lipinski definition) is 18. The highest BCUT2D eigenvalue weighted by molar-refractivity contribution is 6.63. The molecule has 22 heteroatoms. The summed E-state index contributed by atoms with van der Waals surface area (Å²) in [7, 11) is 6.20. The number of halogens is 2. The van der Waals surface area contributed by atoms with Crippen LogP contribution >= 0.6 is 23.2 Å². The largest absolute Gasteiger partial charge is 0.487 e. The summed E-state index contributed by atoms with van der Waals surface area (Å²) in [5, 5.41) is 37.9. The molecule has 0 aliphatic heterocycles. The molecule has 0 fully saturated rings. The molecule has 0 saturated carbocycles.